The first kappa shape index (κ1) is 31.5. The molecular formula is C34H45N3O2. The monoisotopic (exact) mass is 527 g/mol. The number of benzene rings is 2. The molecule has 1 aromatic heterocycles. The van der Waals surface area contributed by atoms with E-state index in [0.717, 1.165) is 46.5 Å². The van der Waals surface area contributed by atoms with Gasteiger partial charge in [-0.1, -0.05) is 56.8 Å². The highest BCUT2D eigenvalue weighted by Gasteiger charge is 2.18. The molecule has 1 N–H and O–H groups in total. The number of hydrogen-bond donors (Lipinski definition) is 1. The van der Waals surface area contributed by atoms with Gasteiger partial charge in [0.2, 0.25) is 0 Å². The second-order valence-corrected chi connectivity index (χ2v) is 9.84. The first-order valence-corrected chi connectivity index (χ1v) is 13.3. The molecule has 1 aliphatic rings. The fourth-order valence-corrected chi connectivity index (χ4v) is 4.60. The molecule has 5 nitrogen and oxygen atoms in total. The fraction of sp³-hybridized carbons (Fsp3) is 0.353. The number of anilines is 1. The van der Waals surface area contributed by atoms with E-state index < -0.39 is 6.09 Å². The third kappa shape index (κ3) is 8.14. The Bertz CT molecular complexity index is 1320. The Labute approximate surface area is 235 Å². The van der Waals surface area contributed by atoms with Gasteiger partial charge in [0.25, 0.3) is 0 Å². The largest absolute Gasteiger partial charge is 0.453 e. The number of carbonyl (C=O) groups is 1. The topological polar surface area (TPSA) is 54.5 Å². The summed E-state index contributed by atoms with van der Waals surface area (Å²) in [6.45, 7) is 9.57. The highest BCUT2D eigenvalue weighted by atomic mass is 16.5. The van der Waals surface area contributed by atoms with E-state index in [1.807, 2.05) is 38.3 Å². The lowest BCUT2D eigenvalue weighted by Crippen LogP contribution is -2.12. The number of fused-ring (bicyclic) bond motifs is 1. The number of aromatic nitrogens is 1. The van der Waals surface area contributed by atoms with Crippen LogP contribution in [0.4, 0.5) is 10.5 Å². The van der Waals surface area contributed by atoms with Gasteiger partial charge in [-0.15, -0.1) is 0 Å². The summed E-state index contributed by atoms with van der Waals surface area (Å²) in [6.07, 6.45) is 9.05. The van der Waals surface area contributed by atoms with E-state index in [1.54, 1.807) is 0 Å². The summed E-state index contributed by atoms with van der Waals surface area (Å²) < 4.78 is 4.78. The first-order valence-electron chi connectivity index (χ1n) is 13.3. The van der Waals surface area contributed by atoms with Crippen LogP contribution in [-0.2, 0) is 11.2 Å². The third-order valence-corrected chi connectivity index (χ3v) is 6.73. The highest BCUT2D eigenvalue weighted by Crippen LogP contribution is 2.36. The van der Waals surface area contributed by atoms with Gasteiger partial charge in [0.05, 0.1) is 12.8 Å². The van der Waals surface area contributed by atoms with Gasteiger partial charge < -0.3 is 9.64 Å². The SMILES string of the molecule is C.C/C=C(/C)c1cc(-c2cnc3c(c2)C(c2ccccc2C)=CCC3)ccc1NC(=O)OC.CCCN(C)C. The second kappa shape index (κ2) is 15.0. The van der Waals surface area contributed by atoms with Crippen molar-refractivity contribution in [2.24, 2.45) is 0 Å². The zero-order valence-electron chi connectivity index (χ0n) is 23.9. The average molecular weight is 528 g/mol. The predicted octanol–water partition coefficient (Wildman–Crippen LogP) is 8.63. The van der Waals surface area contributed by atoms with Gasteiger partial charge in [-0.3, -0.25) is 10.3 Å². The molecule has 2 aromatic carbocycles. The molecule has 0 unspecified atom stereocenters. The quantitative estimate of drug-likeness (QED) is 0.349. The molecule has 0 atom stereocenters. The Morgan fingerprint density at radius 3 is 2.46 bits per heavy atom. The molecule has 0 saturated carbocycles. The number of nitrogens with zero attached hydrogens (tertiary/aromatic N) is 2. The molecule has 39 heavy (non-hydrogen) atoms. The molecule has 3 aromatic rings. The first-order chi connectivity index (χ1) is 18.3. The normalized spacial score (nSPS) is 12.4. The molecule has 0 fully saturated rings. The minimum absolute atomic E-state index is 0. The molecule has 1 aliphatic carbocycles. The summed E-state index contributed by atoms with van der Waals surface area (Å²) in [5.41, 5.74) is 11.0. The van der Waals surface area contributed by atoms with Crippen molar-refractivity contribution in [3.63, 3.8) is 0 Å². The minimum atomic E-state index is -0.480. The number of methoxy groups -OCH3 is 1. The van der Waals surface area contributed by atoms with Gasteiger partial charge in [0.15, 0.2) is 0 Å². The standard InChI is InChI=1S/C28H28N2O2.C5H13N.CH4/c1-5-18(2)24-15-20(13-14-27(24)30-28(31)32-4)21-16-25-23(11-8-12-26(25)29-17-21)22-10-7-6-9-19(22)3;1-4-5-6(2)3;/h5-7,9-11,13-17H,8,12H2,1-4H3,(H,30,31);4-5H2,1-3H3;1H4/b18-5-;;. The molecule has 208 valence electrons. The summed E-state index contributed by atoms with van der Waals surface area (Å²) in [4.78, 5) is 18.8. The van der Waals surface area contributed by atoms with Gasteiger partial charge >= 0.3 is 6.09 Å². The lowest BCUT2D eigenvalue weighted by Gasteiger charge is -2.20. The van der Waals surface area contributed by atoms with Crippen molar-refractivity contribution in [3.05, 3.63) is 94.8 Å². The molecule has 4 rings (SSSR count). The summed E-state index contributed by atoms with van der Waals surface area (Å²) in [5, 5.41) is 2.81. The van der Waals surface area contributed by atoms with Crippen LogP contribution in [0, 0.1) is 6.92 Å². The third-order valence-electron chi connectivity index (χ3n) is 6.73. The van der Waals surface area contributed by atoms with E-state index >= 15 is 0 Å². The van der Waals surface area contributed by atoms with E-state index in [2.05, 4.69) is 80.6 Å². The predicted molar refractivity (Wildman–Crippen MR) is 167 cm³/mol. The Kier molecular flexibility index (Phi) is 12.1. The maximum Gasteiger partial charge on any atom is 0.411 e. The molecule has 0 saturated heterocycles. The van der Waals surface area contributed by atoms with Crippen LogP contribution in [0.15, 0.2) is 66.9 Å². The summed E-state index contributed by atoms with van der Waals surface area (Å²) in [5.74, 6) is 0. The van der Waals surface area contributed by atoms with E-state index in [4.69, 9.17) is 9.72 Å². The van der Waals surface area contributed by atoms with Gasteiger partial charge in [0, 0.05) is 28.6 Å². The van der Waals surface area contributed by atoms with Gasteiger partial charge in [-0.05, 0) is 107 Å². The summed E-state index contributed by atoms with van der Waals surface area (Å²) >= 11 is 0. The molecule has 0 radical (unpaired) electrons. The lowest BCUT2D eigenvalue weighted by atomic mass is 9.86. The van der Waals surface area contributed by atoms with Crippen LogP contribution in [0.2, 0.25) is 0 Å². The van der Waals surface area contributed by atoms with Crippen molar-refractivity contribution in [2.45, 2.75) is 54.4 Å². The van der Waals surface area contributed by atoms with Crippen molar-refractivity contribution in [2.75, 3.05) is 33.1 Å². The van der Waals surface area contributed by atoms with Crippen LogP contribution in [-0.4, -0.2) is 43.7 Å². The second-order valence-electron chi connectivity index (χ2n) is 9.84. The highest BCUT2D eigenvalue weighted by molar-refractivity contribution is 5.91. The number of pyridine rings is 1. The van der Waals surface area contributed by atoms with Gasteiger partial charge in [-0.2, -0.15) is 0 Å². The number of ether oxygens (including phenoxy) is 1. The minimum Gasteiger partial charge on any atom is -0.453 e. The van der Waals surface area contributed by atoms with Crippen LogP contribution in [0.1, 0.15) is 69.0 Å². The van der Waals surface area contributed by atoms with Crippen LogP contribution in [0.25, 0.3) is 22.3 Å². The summed E-state index contributed by atoms with van der Waals surface area (Å²) in [7, 11) is 5.54. The van der Waals surface area contributed by atoms with E-state index in [1.165, 1.54) is 42.3 Å². The maximum absolute atomic E-state index is 11.8. The molecular weight excluding hydrogens is 482 g/mol. The Balaban J connectivity index is 0.000000687. The van der Waals surface area contributed by atoms with E-state index in [0.29, 0.717) is 0 Å². The van der Waals surface area contributed by atoms with Crippen molar-refractivity contribution < 1.29 is 9.53 Å². The lowest BCUT2D eigenvalue weighted by molar-refractivity contribution is 0.187. The molecule has 5 heteroatoms. The van der Waals surface area contributed by atoms with Crippen LogP contribution in [0.5, 0.6) is 0 Å². The molecule has 0 spiro atoms. The number of rotatable bonds is 6. The average Bonchev–Trinajstić information content (AvgIpc) is 2.92. The fourth-order valence-electron chi connectivity index (χ4n) is 4.60. The van der Waals surface area contributed by atoms with Crippen LogP contribution >= 0.6 is 0 Å². The van der Waals surface area contributed by atoms with Crippen molar-refractivity contribution >= 4 is 22.9 Å². The van der Waals surface area contributed by atoms with Crippen LogP contribution < -0.4 is 5.32 Å². The number of aryl methyl sites for hydroxylation is 2. The maximum atomic E-state index is 11.8. The smallest absolute Gasteiger partial charge is 0.411 e. The molecule has 1 amide bonds. The number of amides is 1. The Hall–Kier alpha value is -3.70. The molecule has 0 bridgehead atoms. The Morgan fingerprint density at radius 2 is 1.85 bits per heavy atom. The molecule has 0 aliphatic heterocycles. The number of hydrogen-bond acceptors (Lipinski definition) is 4. The number of carbonyl (C=O) groups excluding carboxylic acids is 1. The number of allylic oxidation sites excluding steroid dienone is 3. The zero-order chi connectivity index (χ0) is 27.7. The Morgan fingerprint density at radius 1 is 1.10 bits per heavy atom. The zero-order valence-corrected chi connectivity index (χ0v) is 23.9. The van der Waals surface area contributed by atoms with E-state index in [9.17, 15) is 4.79 Å². The molecule has 1 heterocycles. The summed E-state index contributed by atoms with van der Waals surface area (Å²) in [6, 6.07) is 16.8. The van der Waals surface area contributed by atoms with E-state index in [-0.39, 0.29) is 7.43 Å². The van der Waals surface area contributed by atoms with Crippen molar-refractivity contribution in [1.29, 1.82) is 0 Å². The number of nitrogens with one attached hydrogen (secondary N) is 1. The van der Waals surface area contributed by atoms with Crippen LogP contribution in [0.3, 0.4) is 0 Å². The van der Waals surface area contributed by atoms with Crippen molar-refractivity contribution in [3.8, 4) is 11.1 Å². The van der Waals surface area contributed by atoms with Crippen molar-refractivity contribution in [1.82, 2.24) is 9.88 Å². The van der Waals surface area contributed by atoms with Gasteiger partial charge in [0.1, 0.15) is 0 Å². The van der Waals surface area contributed by atoms with Gasteiger partial charge in [-0.25, -0.2) is 4.79 Å².